The molecule has 7 heteroatoms. The molecule has 154 valence electrons. The van der Waals surface area contributed by atoms with Crippen molar-refractivity contribution in [2.45, 2.75) is 25.3 Å². The number of piperidine rings is 1. The number of nitrogens with one attached hydrogen (secondary N) is 1. The molecule has 3 aromatic heterocycles. The van der Waals surface area contributed by atoms with E-state index in [0.29, 0.717) is 5.92 Å². The van der Waals surface area contributed by atoms with Crippen LogP contribution in [0.3, 0.4) is 0 Å². The number of carbonyl (C=O) groups is 1. The fraction of sp³-hybridized carbons (Fsp3) is 0.348. The van der Waals surface area contributed by atoms with Crippen LogP contribution in [0.2, 0.25) is 0 Å². The van der Waals surface area contributed by atoms with Crippen LogP contribution >= 0.6 is 11.3 Å². The van der Waals surface area contributed by atoms with E-state index in [1.54, 1.807) is 31.4 Å². The number of thiophene rings is 1. The molecule has 1 aliphatic heterocycles. The minimum Gasteiger partial charge on any atom is -0.361 e. The highest BCUT2D eigenvalue weighted by Crippen LogP contribution is 2.39. The van der Waals surface area contributed by atoms with E-state index in [2.05, 4.69) is 50.3 Å². The summed E-state index contributed by atoms with van der Waals surface area (Å²) >= 11 is 1.48. The normalized spacial score (nSPS) is 15.8. The second kappa shape index (κ2) is 7.81. The Kier molecular flexibility index (Phi) is 5.00. The van der Waals surface area contributed by atoms with Crippen LogP contribution in [0, 0.1) is 0 Å². The number of hydrogen-bond donors (Lipinski definition) is 1. The predicted octanol–water partition coefficient (Wildman–Crippen LogP) is 4.25. The van der Waals surface area contributed by atoms with Gasteiger partial charge in [-0.2, -0.15) is 0 Å². The largest absolute Gasteiger partial charge is 0.361 e. The van der Waals surface area contributed by atoms with Gasteiger partial charge in [-0.25, -0.2) is 4.98 Å². The Balaban J connectivity index is 1.37. The first kappa shape index (κ1) is 19.2. The van der Waals surface area contributed by atoms with Crippen LogP contribution in [0.25, 0.3) is 21.3 Å². The van der Waals surface area contributed by atoms with E-state index in [1.165, 1.54) is 27.8 Å². The molecule has 0 spiro atoms. The van der Waals surface area contributed by atoms with Gasteiger partial charge in [-0.1, -0.05) is 18.2 Å². The Morgan fingerprint density at radius 2 is 1.97 bits per heavy atom. The number of para-hydroxylation sites is 1. The molecule has 0 aliphatic carbocycles. The molecular weight excluding hydrogens is 394 g/mol. The maximum Gasteiger partial charge on any atom is 0.263 e. The van der Waals surface area contributed by atoms with Crippen LogP contribution in [0.5, 0.6) is 0 Å². The van der Waals surface area contributed by atoms with E-state index in [-0.39, 0.29) is 5.91 Å². The lowest BCUT2D eigenvalue weighted by Crippen LogP contribution is -2.33. The maximum absolute atomic E-state index is 12.8. The molecule has 30 heavy (non-hydrogen) atoms. The number of rotatable bonds is 4. The fourth-order valence-electron chi connectivity index (χ4n) is 4.47. The molecule has 0 unspecified atom stereocenters. The minimum absolute atomic E-state index is 0.0519. The van der Waals surface area contributed by atoms with Gasteiger partial charge in [0.05, 0.1) is 4.88 Å². The summed E-state index contributed by atoms with van der Waals surface area (Å²) in [5.74, 6) is 0.393. The van der Waals surface area contributed by atoms with Gasteiger partial charge in [-0.05, 0) is 43.5 Å². The van der Waals surface area contributed by atoms with Crippen molar-refractivity contribution in [3.8, 4) is 0 Å². The molecule has 1 N–H and O–H groups in total. The van der Waals surface area contributed by atoms with Crippen molar-refractivity contribution in [3.63, 3.8) is 0 Å². The van der Waals surface area contributed by atoms with E-state index in [9.17, 15) is 4.79 Å². The number of fused-ring (bicyclic) bond motifs is 2. The number of hydrogen-bond acceptors (Lipinski definition) is 5. The third-order valence-corrected chi connectivity index (χ3v) is 7.12. The standard InChI is InChI=1S/C23H25N5OS/c1-27(2)23(29)21-19(20-22(30-21)25-10-9-24-20)15-7-11-28(12-8-15)14-16-13-26-18-6-4-3-5-17(16)18/h3-6,9-10,13,15,26H,7-8,11-12,14H2,1-2H3. The molecule has 6 nitrogen and oxygen atoms in total. The van der Waals surface area contributed by atoms with Crippen LogP contribution in [-0.4, -0.2) is 57.8 Å². The molecule has 5 rings (SSSR count). The van der Waals surface area contributed by atoms with E-state index >= 15 is 0 Å². The zero-order valence-electron chi connectivity index (χ0n) is 17.3. The quantitative estimate of drug-likeness (QED) is 0.537. The van der Waals surface area contributed by atoms with Crippen molar-refractivity contribution in [2.75, 3.05) is 27.2 Å². The average Bonchev–Trinajstić information content (AvgIpc) is 3.35. The minimum atomic E-state index is 0.0519. The Morgan fingerprint density at radius 1 is 1.20 bits per heavy atom. The molecule has 4 heterocycles. The van der Waals surface area contributed by atoms with Gasteiger partial charge in [-0.15, -0.1) is 11.3 Å². The third kappa shape index (κ3) is 3.38. The smallest absolute Gasteiger partial charge is 0.263 e. The van der Waals surface area contributed by atoms with E-state index in [1.807, 2.05) is 0 Å². The number of nitrogens with zero attached hydrogens (tertiary/aromatic N) is 4. The van der Waals surface area contributed by atoms with Crippen molar-refractivity contribution in [1.82, 2.24) is 24.8 Å². The molecule has 1 amide bonds. The average molecular weight is 420 g/mol. The van der Waals surface area contributed by atoms with Gasteiger partial charge in [-0.3, -0.25) is 14.7 Å². The topological polar surface area (TPSA) is 65.1 Å². The summed E-state index contributed by atoms with van der Waals surface area (Å²) in [7, 11) is 3.61. The first-order valence-corrected chi connectivity index (χ1v) is 11.2. The molecule has 0 radical (unpaired) electrons. The zero-order valence-corrected chi connectivity index (χ0v) is 18.1. The summed E-state index contributed by atoms with van der Waals surface area (Å²) < 4.78 is 0. The monoisotopic (exact) mass is 419 g/mol. The molecule has 0 atom stereocenters. The van der Waals surface area contributed by atoms with Crippen molar-refractivity contribution in [1.29, 1.82) is 0 Å². The Morgan fingerprint density at radius 3 is 2.77 bits per heavy atom. The van der Waals surface area contributed by atoms with Gasteiger partial charge in [0.1, 0.15) is 10.3 Å². The molecule has 0 saturated carbocycles. The second-order valence-corrected chi connectivity index (χ2v) is 9.16. The summed E-state index contributed by atoms with van der Waals surface area (Å²) in [6, 6.07) is 8.47. The van der Waals surface area contributed by atoms with E-state index in [0.717, 1.165) is 53.3 Å². The molecule has 1 saturated heterocycles. The number of carbonyl (C=O) groups excluding carboxylic acids is 1. The molecule has 0 bridgehead atoms. The van der Waals surface area contributed by atoms with Crippen LogP contribution < -0.4 is 0 Å². The van der Waals surface area contributed by atoms with Crippen molar-refractivity contribution in [3.05, 3.63) is 58.9 Å². The maximum atomic E-state index is 12.8. The van der Waals surface area contributed by atoms with Gasteiger partial charge >= 0.3 is 0 Å². The van der Waals surface area contributed by atoms with E-state index < -0.39 is 0 Å². The SMILES string of the molecule is CN(C)C(=O)c1sc2nccnc2c1C1CCN(Cc2c[nH]c3ccccc23)CC1. The lowest BCUT2D eigenvalue weighted by Gasteiger charge is -2.32. The number of aromatic amines is 1. The lowest BCUT2D eigenvalue weighted by molar-refractivity contribution is 0.0830. The number of benzene rings is 1. The van der Waals surface area contributed by atoms with Gasteiger partial charge in [0.15, 0.2) is 0 Å². The molecular formula is C23H25N5OS. The first-order valence-electron chi connectivity index (χ1n) is 10.3. The Labute approximate surface area is 179 Å². The molecule has 1 aromatic carbocycles. The molecule has 4 aromatic rings. The van der Waals surface area contributed by atoms with Crippen LogP contribution in [0.4, 0.5) is 0 Å². The van der Waals surface area contributed by atoms with Crippen LogP contribution in [-0.2, 0) is 6.54 Å². The Hall–Kier alpha value is -2.77. The summed E-state index contributed by atoms with van der Waals surface area (Å²) in [5.41, 5.74) is 4.55. The third-order valence-electron chi connectivity index (χ3n) is 6.03. The van der Waals surface area contributed by atoms with Crippen molar-refractivity contribution < 1.29 is 4.79 Å². The lowest BCUT2D eigenvalue weighted by atomic mass is 9.88. The summed E-state index contributed by atoms with van der Waals surface area (Å²) in [5, 5.41) is 1.30. The summed E-state index contributed by atoms with van der Waals surface area (Å²) in [4.78, 5) is 31.1. The van der Waals surface area contributed by atoms with Gasteiger partial charge in [0.2, 0.25) is 0 Å². The predicted molar refractivity (Wildman–Crippen MR) is 121 cm³/mol. The number of H-pyrrole nitrogens is 1. The van der Waals surface area contributed by atoms with Crippen LogP contribution in [0.15, 0.2) is 42.9 Å². The number of likely N-dealkylation sites (tertiary alicyclic amines) is 1. The van der Waals surface area contributed by atoms with Gasteiger partial charge in [0.25, 0.3) is 5.91 Å². The van der Waals surface area contributed by atoms with Gasteiger partial charge in [0, 0.05) is 55.7 Å². The highest BCUT2D eigenvalue weighted by molar-refractivity contribution is 7.20. The van der Waals surface area contributed by atoms with E-state index in [4.69, 9.17) is 0 Å². The zero-order chi connectivity index (χ0) is 20.7. The number of amides is 1. The summed E-state index contributed by atoms with van der Waals surface area (Å²) in [6.07, 6.45) is 7.62. The highest BCUT2D eigenvalue weighted by Gasteiger charge is 2.30. The second-order valence-electron chi connectivity index (χ2n) is 8.16. The highest BCUT2D eigenvalue weighted by atomic mass is 32.1. The number of aromatic nitrogens is 3. The van der Waals surface area contributed by atoms with Gasteiger partial charge < -0.3 is 9.88 Å². The first-order chi connectivity index (χ1) is 14.6. The molecule has 1 fully saturated rings. The van der Waals surface area contributed by atoms with Crippen molar-refractivity contribution >= 4 is 38.5 Å². The summed E-state index contributed by atoms with van der Waals surface area (Å²) in [6.45, 7) is 2.97. The Bertz CT molecular complexity index is 1200. The van der Waals surface area contributed by atoms with Crippen LogP contribution in [0.1, 0.15) is 39.6 Å². The molecule has 1 aliphatic rings. The fourth-order valence-corrected chi connectivity index (χ4v) is 5.68. The van der Waals surface area contributed by atoms with Crippen molar-refractivity contribution in [2.24, 2.45) is 0 Å².